The number of ketones is 1. The fourth-order valence-corrected chi connectivity index (χ4v) is 3.18. The summed E-state index contributed by atoms with van der Waals surface area (Å²) in [6.07, 6.45) is 12.7. The lowest BCUT2D eigenvalue weighted by molar-refractivity contribution is -0.148. The van der Waals surface area contributed by atoms with Crippen molar-refractivity contribution in [2.45, 2.75) is 118 Å². The van der Waals surface area contributed by atoms with E-state index in [1.165, 1.54) is 0 Å². The summed E-state index contributed by atoms with van der Waals surface area (Å²) < 4.78 is 0. The van der Waals surface area contributed by atoms with Crippen molar-refractivity contribution in [3.05, 3.63) is 0 Å². The Kier molecular flexibility index (Phi) is 13.0. The number of carboxylic acids is 2. The van der Waals surface area contributed by atoms with E-state index in [9.17, 15) is 14.4 Å². The Hall–Kier alpha value is -1.39. The number of aliphatic carboxylic acids is 2. The molecule has 0 aromatic rings. The van der Waals surface area contributed by atoms with E-state index in [1.54, 1.807) is 27.7 Å². The second-order valence-electron chi connectivity index (χ2n) is 9.45. The minimum atomic E-state index is -0.734. The van der Waals surface area contributed by atoms with E-state index in [2.05, 4.69) is 0 Å². The molecule has 164 valence electrons. The number of Topliss-reactive ketones (excluding diaryl/α,β-unsaturated/α-hetero) is 1. The third kappa shape index (κ3) is 12.9. The molecule has 0 rings (SSSR count). The number of unbranched alkanes of at least 4 members (excludes halogenated alkanes) is 8. The quantitative estimate of drug-likeness (QED) is 0.267. The summed E-state index contributed by atoms with van der Waals surface area (Å²) in [7, 11) is 0. The molecule has 0 atom stereocenters. The first-order chi connectivity index (χ1) is 13.0. The molecule has 28 heavy (non-hydrogen) atoms. The minimum Gasteiger partial charge on any atom is -0.481 e. The van der Waals surface area contributed by atoms with Crippen molar-refractivity contribution in [2.24, 2.45) is 10.8 Å². The Bertz CT molecular complexity index is 437. The van der Waals surface area contributed by atoms with Gasteiger partial charge in [-0.3, -0.25) is 14.4 Å². The van der Waals surface area contributed by atoms with E-state index in [4.69, 9.17) is 10.2 Å². The summed E-state index contributed by atoms with van der Waals surface area (Å²) in [4.78, 5) is 34.0. The molecule has 5 nitrogen and oxygen atoms in total. The first kappa shape index (κ1) is 26.6. The molecule has 0 aromatic heterocycles. The van der Waals surface area contributed by atoms with Gasteiger partial charge in [-0.1, -0.05) is 51.4 Å². The van der Waals surface area contributed by atoms with Gasteiger partial charge < -0.3 is 10.2 Å². The van der Waals surface area contributed by atoms with E-state index in [-0.39, 0.29) is 0 Å². The second-order valence-corrected chi connectivity index (χ2v) is 9.45. The molecule has 0 saturated heterocycles. The molecule has 0 radical (unpaired) electrons. The number of hydrogen-bond acceptors (Lipinski definition) is 3. The van der Waals surface area contributed by atoms with Crippen LogP contribution in [0.3, 0.4) is 0 Å². The average Bonchev–Trinajstić information content (AvgIpc) is 2.59. The van der Waals surface area contributed by atoms with Gasteiger partial charge in [0, 0.05) is 12.8 Å². The fraction of sp³-hybridized carbons (Fsp3) is 0.870. The molecular formula is C23H42O5. The molecule has 0 fully saturated rings. The average molecular weight is 399 g/mol. The summed E-state index contributed by atoms with van der Waals surface area (Å²) in [6, 6.07) is 0. The van der Waals surface area contributed by atoms with E-state index in [0.717, 1.165) is 64.2 Å². The summed E-state index contributed by atoms with van der Waals surface area (Å²) in [5.41, 5.74) is -1.27. The molecule has 0 aliphatic heterocycles. The summed E-state index contributed by atoms with van der Waals surface area (Å²) in [5, 5.41) is 18.1. The van der Waals surface area contributed by atoms with Crippen LogP contribution < -0.4 is 0 Å². The number of carbonyl (C=O) groups is 3. The topological polar surface area (TPSA) is 91.7 Å². The maximum Gasteiger partial charge on any atom is 0.309 e. The highest BCUT2D eigenvalue weighted by Crippen LogP contribution is 2.25. The van der Waals surface area contributed by atoms with Crippen molar-refractivity contribution in [1.29, 1.82) is 0 Å². The number of rotatable bonds is 18. The first-order valence-electron chi connectivity index (χ1n) is 11.0. The lowest BCUT2D eigenvalue weighted by atomic mass is 9.87. The van der Waals surface area contributed by atoms with E-state index < -0.39 is 22.8 Å². The van der Waals surface area contributed by atoms with E-state index in [1.807, 2.05) is 0 Å². The van der Waals surface area contributed by atoms with Gasteiger partial charge in [0.05, 0.1) is 10.8 Å². The SMILES string of the molecule is CC(C)(CCCCCCCC(=O)CCCCCCCC(C)(C)C(=O)O)C(=O)O. The van der Waals surface area contributed by atoms with Gasteiger partial charge in [-0.25, -0.2) is 0 Å². The molecule has 5 heteroatoms. The van der Waals surface area contributed by atoms with Crippen molar-refractivity contribution in [2.75, 3.05) is 0 Å². The van der Waals surface area contributed by atoms with Crippen LogP contribution in [-0.4, -0.2) is 27.9 Å². The zero-order chi connectivity index (χ0) is 21.6. The number of hydrogen-bond donors (Lipinski definition) is 2. The van der Waals surface area contributed by atoms with Crippen LogP contribution in [-0.2, 0) is 14.4 Å². The van der Waals surface area contributed by atoms with Crippen molar-refractivity contribution in [1.82, 2.24) is 0 Å². The molecule has 0 bridgehead atoms. The largest absolute Gasteiger partial charge is 0.481 e. The minimum absolute atomic E-state index is 0.346. The van der Waals surface area contributed by atoms with Crippen LogP contribution in [0.25, 0.3) is 0 Å². The van der Waals surface area contributed by atoms with Crippen LogP contribution in [0.5, 0.6) is 0 Å². The van der Waals surface area contributed by atoms with Gasteiger partial charge >= 0.3 is 11.9 Å². The van der Waals surface area contributed by atoms with Crippen molar-refractivity contribution >= 4 is 17.7 Å². The maximum absolute atomic E-state index is 11.9. The number of carboxylic acid groups (broad SMARTS) is 2. The highest BCUT2D eigenvalue weighted by atomic mass is 16.4. The van der Waals surface area contributed by atoms with Crippen LogP contribution in [0.15, 0.2) is 0 Å². The zero-order valence-corrected chi connectivity index (χ0v) is 18.5. The Morgan fingerprint density at radius 2 is 0.821 bits per heavy atom. The Labute approximate surface area is 171 Å². The predicted molar refractivity (Wildman–Crippen MR) is 112 cm³/mol. The maximum atomic E-state index is 11.9. The van der Waals surface area contributed by atoms with Crippen molar-refractivity contribution in [3.8, 4) is 0 Å². The molecular weight excluding hydrogens is 356 g/mol. The fourth-order valence-electron chi connectivity index (χ4n) is 3.18. The predicted octanol–water partition coefficient (Wildman–Crippen LogP) is 6.24. The molecule has 2 N–H and O–H groups in total. The Balaban J connectivity index is 3.50. The van der Waals surface area contributed by atoms with Gasteiger partial charge in [0.15, 0.2) is 0 Å². The van der Waals surface area contributed by atoms with Crippen molar-refractivity contribution in [3.63, 3.8) is 0 Å². The molecule has 0 aliphatic carbocycles. The van der Waals surface area contributed by atoms with Gasteiger partial charge in [-0.15, -0.1) is 0 Å². The van der Waals surface area contributed by atoms with Crippen molar-refractivity contribution < 1.29 is 24.6 Å². The number of carbonyl (C=O) groups excluding carboxylic acids is 1. The molecule has 0 aromatic carbocycles. The van der Waals surface area contributed by atoms with Gasteiger partial charge in [0.2, 0.25) is 0 Å². The standard InChI is InChI=1S/C23H42O5/c1-22(2,20(25)26)17-13-9-5-7-11-15-19(24)16-12-8-6-10-14-18-23(3,4)21(27)28/h5-18H2,1-4H3,(H,25,26)(H,27,28). The summed E-state index contributed by atoms with van der Waals surface area (Å²) in [6.45, 7) is 7.07. The molecule has 0 aliphatic rings. The highest BCUT2D eigenvalue weighted by molar-refractivity contribution is 5.78. The van der Waals surface area contributed by atoms with E-state index in [0.29, 0.717) is 31.5 Å². The third-order valence-electron chi connectivity index (χ3n) is 5.67. The molecule has 0 unspecified atom stereocenters. The molecule has 0 heterocycles. The lowest BCUT2D eigenvalue weighted by Crippen LogP contribution is -2.23. The van der Waals surface area contributed by atoms with Gasteiger partial charge in [0.1, 0.15) is 5.78 Å². The van der Waals surface area contributed by atoms with Gasteiger partial charge in [0.25, 0.3) is 0 Å². The van der Waals surface area contributed by atoms with Crippen LogP contribution in [0.1, 0.15) is 118 Å². The van der Waals surface area contributed by atoms with Gasteiger partial charge in [-0.2, -0.15) is 0 Å². The van der Waals surface area contributed by atoms with Crippen LogP contribution in [0, 0.1) is 10.8 Å². The van der Waals surface area contributed by atoms with E-state index >= 15 is 0 Å². The Morgan fingerprint density at radius 3 is 1.14 bits per heavy atom. The summed E-state index contributed by atoms with van der Waals surface area (Å²) in [5.74, 6) is -1.12. The molecule has 0 saturated carbocycles. The summed E-state index contributed by atoms with van der Waals surface area (Å²) >= 11 is 0. The highest BCUT2D eigenvalue weighted by Gasteiger charge is 2.26. The lowest BCUT2D eigenvalue weighted by Gasteiger charge is -2.18. The molecule has 0 amide bonds. The van der Waals surface area contributed by atoms with Crippen LogP contribution in [0.2, 0.25) is 0 Å². The zero-order valence-electron chi connectivity index (χ0n) is 18.5. The van der Waals surface area contributed by atoms with Crippen LogP contribution in [0.4, 0.5) is 0 Å². The normalized spacial score (nSPS) is 12.1. The third-order valence-corrected chi connectivity index (χ3v) is 5.67. The monoisotopic (exact) mass is 398 g/mol. The van der Waals surface area contributed by atoms with Crippen LogP contribution >= 0.6 is 0 Å². The molecule has 0 spiro atoms. The smallest absolute Gasteiger partial charge is 0.309 e. The Morgan fingerprint density at radius 1 is 0.536 bits per heavy atom. The second kappa shape index (κ2) is 13.7. The first-order valence-corrected chi connectivity index (χ1v) is 11.0. The van der Waals surface area contributed by atoms with Gasteiger partial charge in [-0.05, 0) is 53.4 Å².